The average Bonchev–Trinajstić information content (AvgIpc) is 3.31. The Labute approximate surface area is 223 Å². The molecule has 0 aliphatic carbocycles. The molecule has 1 heterocycles. The molecule has 4 rings (SSSR count). The Morgan fingerprint density at radius 3 is 2.03 bits per heavy atom. The summed E-state index contributed by atoms with van der Waals surface area (Å²) in [5.74, 6) is -1.93. The van der Waals surface area contributed by atoms with Crippen LogP contribution in [0.1, 0.15) is 36.0 Å². The minimum atomic E-state index is -1.03. The fourth-order valence-electron chi connectivity index (χ4n) is 4.70. The summed E-state index contributed by atoms with van der Waals surface area (Å²) in [6.45, 7) is 0.671. The van der Waals surface area contributed by atoms with Gasteiger partial charge < -0.3 is 15.5 Å². The van der Waals surface area contributed by atoms with Crippen LogP contribution in [0.25, 0.3) is 0 Å². The molecule has 0 saturated carbocycles. The third-order valence-electron chi connectivity index (χ3n) is 6.74. The van der Waals surface area contributed by atoms with Gasteiger partial charge in [-0.2, -0.15) is 0 Å². The highest BCUT2D eigenvalue weighted by Crippen LogP contribution is 2.22. The van der Waals surface area contributed by atoms with Gasteiger partial charge in [-0.25, -0.2) is 0 Å². The molecule has 2 atom stereocenters. The lowest BCUT2D eigenvalue weighted by Crippen LogP contribution is -2.53. The van der Waals surface area contributed by atoms with E-state index in [0.717, 1.165) is 23.1 Å². The van der Waals surface area contributed by atoms with E-state index >= 15 is 0 Å². The zero-order chi connectivity index (χ0) is 26.7. The second kappa shape index (κ2) is 13.3. The summed E-state index contributed by atoms with van der Waals surface area (Å²) in [6.07, 6.45) is 2.30. The fourth-order valence-corrected chi connectivity index (χ4v) is 4.70. The topological polar surface area (TPSA) is 95.6 Å². The summed E-state index contributed by atoms with van der Waals surface area (Å²) >= 11 is 0. The van der Waals surface area contributed by atoms with Crippen molar-refractivity contribution in [2.24, 2.45) is 0 Å². The van der Waals surface area contributed by atoms with Gasteiger partial charge in [0.2, 0.25) is 17.6 Å². The van der Waals surface area contributed by atoms with E-state index in [2.05, 4.69) is 10.6 Å². The summed E-state index contributed by atoms with van der Waals surface area (Å²) in [5, 5.41) is 5.50. The summed E-state index contributed by atoms with van der Waals surface area (Å²) < 4.78 is 0. The quantitative estimate of drug-likeness (QED) is 0.288. The van der Waals surface area contributed by atoms with Gasteiger partial charge in [-0.1, -0.05) is 91.0 Å². The monoisotopic (exact) mass is 511 g/mol. The van der Waals surface area contributed by atoms with Gasteiger partial charge in [-0.05, 0) is 36.0 Å². The number of ketones is 1. The van der Waals surface area contributed by atoms with Gasteiger partial charge in [0.15, 0.2) is 0 Å². The van der Waals surface area contributed by atoms with Gasteiger partial charge >= 0.3 is 0 Å². The van der Waals surface area contributed by atoms with E-state index in [-0.39, 0.29) is 18.7 Å². The van der Waals surface area contributed by atoms with Gasteiger partial charge in [0.05, 0.1) is 0 Å². The van der Waals surface area contributed by atoms with Crippen LogP contribution in [0.15, 0.2) is 91.0 Å². The Hall–Kier alpha value is -4.26. The van der Waals surface area contributed by atoms with Crippen LogP contribution in [0, 0.1) is 0 Å². The van der Waals surface area contributed by atoms with Crippen molar-refractivity contribution in [2.45, 2.75) is 50.7 Å². The molecule has 1 aliphatic rings. The molecule has 7 heteroatoms. The zero-order valence-electron chi connectivity index (χ0n) is 21.3. The van der Waals surface area contributed by atoms with E-state index in [0.29, 0.717) is 25.9 Å². The number of amides is 3. The molecule has 38 heavy (non-hydrogen) atoms. The highest BCUT2D eigenvalue weighted by Gasteiger charge is 2.38. The lowest BCUT2D eigenvalue weighted by Gasteiger charge is -2.26. The summed E-state index contributed by atoms with van der Waals surface area (Å²) in [4.78, 5) is 53.4. The molecule has 0 aromatic heterocycles. The standard InChI is InChI=1S/C31H33N3O4/c35-28-19-18-27(34(28)22-25-15-8-3-9-16-25)30(37)33-26(21-24-13-6-2-7-14-24)29(36)31(38)32-20-10-17-23-11-4-1-5-12-23/h1-9,11-16,26-27H,10,17-22H2,(H,32,38)(H,33,37). The molecule has 1 aliphatic heterocycles. The first-order chi connectivity index (χ1) is 18.5. The first kappa shape index (κ1) is 26.8. The number of Topliss-reactive ketones (excluding diaryl/α,β-unsaturated/α-hetero) is 1. The molecule has 3 aromatic rings. The number of likely N-dealkylation sites (tertiary alicyclic amines) is 1. The molecule has 0 bridgehead atoms. The van der Waals surface area contributed by atoms with E-state index in [1.165, 1.54) is 0 Å². The second-order valence-electron chi connectivity index (χ2n) is 9.52. The second-order valence-corrected chi connectivity index (χ2v) is 9.52. The molecule has 0 spiro atoms. The van der Waals surface area contributed by atoms with Crippen LogP contribution >= 0.6 is 0 Å². The lowest BCUT2D eigenvalue weighted by atomic mass is 10.0. The highest BCUT2D eigenvalue weighted by molar-refractivity contribution is 6.38. The maximum atomic E-state index is 13.3. The summed E-state index contributed by atoms with van der Waals surface area (Å²) in [7, 11) is 0. The van der Waals surface area contributed by atoms with Gasteiger partial charge in [-0.3, -0.25) is 19.2 Å². The number of hydrogen-bond donors (Lipinski definition) is 2. The molecule has 3 aromatic carbocycles. The zero-order valence-corrected chi connectivity index (χ0v) is 21.3. The predicted molar refractivity (Wildman–Crippen MR) is 145 cm³/mol. The van der Waals surface area contributed by atoms with Gasteiger partial charge in [-0.15, -0.1) is 0 Å². The Bertz CT molecular complexity index is 1230. The number of hydrogen-bond acceptors (Lipinski definition) is 4. The molecule has 196 valence electrons. The number of rotatable bonds is 12. The highest BCUT2D eigenvalue weighted by atomic mass is 16.2. The van der Waals surface area contributed by atoms with E-state index < -0.39 is 29.7 Å². The Balaban J connectivity index is 1.40. The van der Waals surface area contributed by atoms with Crippen molar-refractivity contribution in [3.05, 3.63) is 108 Å². The molecular formula is C31H33N3O4. The van der Waals surface area contributed by atoms with E-state index in [4.69, 9.17) is 0 Å². The largest absolute Gasteiger partial charge is 0.349 e. The van der Waals surface area contributed by atoms with Crippen molar-refractivity contribution < 1.29 is 19.2 Å². The Morgan fingerprint density at radius 2 is 1.39 bits per heavy atom. The molecule has 1 saturated heterocycles. The Kier molecular flexibility index (Phi) is 9.40. The smallest absolute Gasteiger partial charge is 0.289 e. The van der Waals surface area contributed by atoms with Gasteiger partial charge in [0.1, 0.15) is 12.1 Å². The number of nitrogens with zero attached hydrogens (tertiary/aromatic N) is 1. The first-order valence-corrected chi connectivity index (χ1v) is 13.0. The third-order valence-corrected chi connectivity index (χ3v) is 6.74. The first-order valence-electron chi connectivity index (χ1n) is 13.0. The van der Waals surface area contributed by atoms with E-state index in [9.17, 15) is 19.2 Å². The van der Waals surface area contributed by atoms with Crippen LogP contribution in [0.3, 0.4) is 0 Å². The van der Waals surface area contributed by atoms with Crippen LogP contribution < -0.4 is 10.6 Å². The van der Waals surface area contributed by atoms with Gasteiger partial charge in [0.25, 0.3) is 5.91 Å². The number of carbonyl (C=O) groups excluding carboxylic acids is 4. The molecule has 7 nitrogen and oxygen atoms in total. The van der Waals surface area contributed by atoms with Gasteiger partial charge in [0, 0.05) is 25.9 Å². The normalized spacial score (nSPS) is 15.6. The Morgan fingerprint density at radius 1 is 0.816 bits per heavy atom. The van der Waals surface area contributed by atoms with E-state index in [1.54, 1.807) is 4.90 Å². The third kappa shape index (κ3) is 7.38. The van der Waals surface area contributed by atoms with Crippen LogP contribution in [0.2, 0.25) is 0 Å². The van der Waals surface area contributed by atoms with Crippen LogP contribution in [0.4, 0.5) is 0 Å². The number of benzene rings is 3. The molecule has 3 amide bonds. The van der Waals surface area contributed by atoms with Crippen LogP contribution in [-0.2, 0) is 38.6 Å². The minimum absolute atomic E-state index is 0.101. The van der Waals surface area contributed by atoms with Crippen molar-refractivity contribution in [1.82, 2.24) is 15.5 Å². The predicted octanol–water partition coefficient (Wildman–Crippen LogP) is 3.22. The molecule has 2 N–H and O–H groups in total. The number of aryl methyl sites for hydroxylation is 1. The molecule has 0 radical (unpaired) electrons. The van der Waals surface area contributed by atoms with Crippen LogP contribution in [-0.4, -0.2) is 47.0 Å². The number of carbonyl (C=O) groups is 4. The summed E-state index contributed by atoms with van der Waals surface area (Å²) in [5.41, 5.74) is 2.91. The fraction of sp³-hybridized carbons (Fsp3) is 0.290. The van der Waals surface area contributed by atoms with Crippen molar-refractivity contribution in [1.29, 1.82) is 0 Å². The number of nitrogens with one attached hydrogen (secondary N) is 2. The average molecular weight is 512 g/mol. The maximum Gasteiger partial charge on any atom is 0.289 e. The lowest BCUT2D eigenvalue weighted by molar-refractivity contribution is -0.141. The van der Waals surface area contributed by atoms with E-state index in [1.807, 2.05) is 91.0 Å². The molecule has 2 unspecified atom stereocenters. The van der Waals surface area contributed by atoms with Crippen molar-refractivity contribution in [3.8, 4) is 0 Å². The summed E-state index contributed by atoms with van der Waals surface area (Å²) in [6, 6.07) is 26.9. The SMILES string of the molecule is O=C(NCCCc1ccccc1)C(=O)C(Cc1ccccc1)NC(=O)C1CCC(=O)N1Cc1ccccc1. The van der Waals surface area contributed by atoms with Crippen molar-refractivity contribution in [3.63, 3.8) is 0 Å². The molecular weight excluding hydrogens is 478 g/mol. The molecule has 1 fully saturated rings. The van der Waals surface area contributed by atoms with Crippen molar-refractivity contribution in [2.75, 3.05) is 6.54 Å². The minimum Gasteiger partial charge on any atom is -0.349 e. The maximum absolute atomic E-state index is 13.3. The van der Waals surface area contributed by atoms with Crippen LogP contribution in [0.5, 0.6) is 0 Å². The van der Waals surface area contributed by atoms with Crippen molar-refractivity contribution >= 4 is 23.5 Å².